The Kier molecular flexibility index (Phi) is 3.80. The predicted molar refractivity (Wildman–Crippen MR) is 62.9 cm³/mol. The van der Waals surface area contributed by atoms with E-state index in [1.165, 1.54) is 0 Å². The molecule has 0 aliphatic carbocycles. The van der Waals surface area contributed by atoms with E-state index in [1.807, 2.05) is 24.3 Å². The highest BCUT2D eigenvalue weighted by atomic mass is 32.9. The third kappa shape index (κ3) is 2.71. The van der Waals surface area contributed by atoms with Crippen LogP contribution >= 0.6 is 17.7 Å². The van der Waals surface area contributed by atoms with E-state index < -0.39 is 5.47 Å². The standard InChI is InChI=1S/C8H11O2PS2/c1-9-7-3-5-8(6-4-7)11(12,13)10-2/h3-6H,1-2H3,(H,12,13). The van der Waals surface area contributed by atoms with E-state index in [9.17, 15) is 0 Å². The molecule has 0 N–H and O–H groups in total. The summed E-state index contributed by atoms with van der Waals surface area (Å²) in [5, 5.41) is 0.939. The maximum absolute atomic E-state index is 5.20. The van der Waals surface area contributed by atoms with Gasteiger partial charge in [0, 0.05) is 12.4 Å². The lowest BCUT2D eigenvalue weighted by Gasteiger charge is -2.13. The number of benzene rings is 1. The van der Waals surface area contributed by atoms with Crippen LogP contribution in [0.15, 0.2) is 24.3 Å². The zero-order chi connectivity index (χ0) is 9.90. The molecule has 0 saturated heterocycles. The van der Waals surface area contributed by atoms with E-state index >= 15 is 0 Å². The van der Waals surface area contributed by atoms with Gasteiger partial charge in [-0.05, 0) is 24.3 Å². The minimum Gasteiger partial charge on any atom is -0.497 e. The summed E-state index contributed by atoms with van der Waals surface area (Å²) < 4.78 is 10.2. The number of methoxy groups -OCH3 is 1. The second-order valence-corrected chi connectivity index (χ2v) is 8.37. The first-order valence-electron chi connectivity index (χ1n) is 3.63. The van der Waals surface area contributed by atoms with Crippen molar-refractivity contribution in [3.8, 4) is 5.75 Å². The molecule has 0 aromatic heterocycles. The largest absolute Gasteiger partial charge is 0.497 e. The van der Waals surface area contributed by atoms with Gasteiger partial charge in [-0.3, -0.25) is 0 Å². The van der Waals surface area contributed by atoms with Crippen LogP contribution in [-0.2, 0) is 16.3 Å². The molecule has 0 bridgehead atoms. The average Bonchev–Trinajstić information content (AvgIpc) is 2.18. The van der Waals surface area contributed by atoms with Crippen LogP contribution in [0.1, 0.15) is 0 Å². The van der Waals surface area contributed by atoms with Crippen LogP contribution in [0.4, 0.5) is 0 Å². The van der Waals surface area contributed by atoms with E-state index in [1.54, 1.807) is 14.2 Å². The smallest absolute Gasteiger partial charge is 0.145 e. The zero-order valence-corrected chi connectivity index (χ0v) is 10.0. The topological polar surface area (TPSA) is 18.5 Å². The van der Waals surface area contributed by atoms with Crippen LogP contribution in [0.25, 0.3) is 0 Å². The summed E-state index contributed by atoms with van der Waals surface area (Å²) in [5.74, 6) is 0.809. The summed E-state index contributed by atoms with van der Waals surface area (Å²) in [6, 6.07) is 7.48. The molecule has 0 aliphatic heterocycles. The molecule has 1 rings (SSSR count). The molecule has 0 heterocycles. The predicted octanol–water partition coefficient (Wildman–Crippen LogP) is 2.21. The lowest BCUT2D eigenvalue weighted by Crippen LogP contribution is -2.00. The van der Waals surface area contributed by atoms with Crippen molar-refractivity contribution < 1.29 is 9.26 Å². The molecule has 1 unspecified atom stereocenters. The lowest BCUT2D eigenvalue weighted by molar-refractivity contribution is 0.415. The Morgan fingerprint density at radius 3 is 2.15 bits per heavy atom. The molecule has 1 aromatic carbocycles. The minimum absolute atomic E-state index is 0.809. The van der Waals surface area contributed by atoms with E-state index in [2.05, 4.69) is 12.2 Å². The number of hydrogen-bond acceptors (Lipinski definition) is 3. The zero-order valence-electron chi connectivity index (χ0n) is 7.43. The van der Waals surface area contributed by atoms with Gasteiger partial charge in [0.15, 0.2) is 0 Å². The number of rotatable bonds is 3. The van der Waals surface area contributed by atoms with Crippen LogP contribution < -0.4 is 10.0 Å². The Balaban J connectivity index is 2.99. The van der Waals surface area contributed by atoms with Gasteiger partial charge >= 0.3 is 0 Å². The quantitative estimate of drug-likeness (QED) is 0.639. The molecule has 13 heavy (non-hydrogen) atoms. The Bertz CT molecular complexity index is 323. The van der Waals surface area contributed by atoms with Crippen molar-refractivity contribution in [2.45, 2.75) is 0 Å². The summed E-state index contributed by atoms with van der Waals surface area (Å²) in [6.45, 7) is 0. The third-order valence-corrected chi connectivity index (χ3v) is 5.35. The lowest BCUT2D eigenvalue weighted by atomic mass is 10.3. The van der Waals surface area contributed by atoms with Gasteiger partial charge < -0.3 is 9.26 Å². The number of thiol groups is 1. The Morgan fingerprint density at radius 1 is 1.23 bits per heavy atom. The van der Waals surface area contributed by atoms with E-state index in [4.69, 9.17) is 21.1 Å². The molecule has 0 fully saturated rings. The first kappa shape index (κ1) is 11.1. The van der Waals surface area contributed by atoms with Gasteiger partial charge in [-0.2, -0.15) is 0 Å². The minimum atomic E-state index is -2.08. The van der Waals surface area contributed by atoms with Crippen molar-refractivity contribution in [3.63, 3.8) is 0 Å². The maximum Gasteiger partial charge on any atom is 0.145 e. The highest BCUT2D eigenvalue weighted by Gasteiger charge is 2.12. The van der Waals surface area contributed by atoms with E-state index in [0.717, 1.165) is 11.1 Å². The highest BCUT2D eigenvalue weighted by Crippen LogP contribution is 2.49. The molecule has 1 aromatic rings. The summed E-state index contributed by atoms with van der Waals surface area (Å²) in [4.78, 5) is 0. The van der Waals surface area contributed by atoms with Gasteiger partial charge in [-0.25, -0.2) is 0 Å². The summed E-state index contributed by atoms with van der Waals surface area (Å²) in [5.41, 5.74) is -2.08. The van der Waals surface area contributed by atoms with Crippen molar-refractivity contribution in [2.24, 2.45) is 0 Å². The van der Waals surface area contributed by atoms with Crippen LogP contribution in [-0.4, -0.2) is 14.2 Å². The van der Waals surface area contributed by atoms with Gasteiger partial charge in [0.1, 0.15) is 11.2 Å². The summed E-state index contributed by atoms with van der Waals surface area (Å²) in [7, 11) is 3.21. The fourth-order valence-electron chi connectivity index (χ4n) is 0.876. The molecule has 5 heteroatoms. The van der Waals surface area contributed by atoms with Crippen molar-refractivity contribution in [1.29, 1.82) is 0 Å². The highest BCUT2D eigenvalue weighted by molar-refractivity contribution is 8.64. The van der Waals surface area contributed by atoms with Crippen molar-refractivity contribution >= 4 is 34.8 Å². The second kappa shape index (κ2) is 4.47. The fourth-order valence-corrected chi connectivity index (χ4v) is 2.38. The molecular weight excluding hydrogens is 223 g/mol. The van der Waals surface area contributed by atoms with Crippen molar-refractivity contribution in [2.75, 3.05) is 14.2 Å². The van der Waals surface area contributed by atoms with Gasteiger partial charge in [0.05, 0.1) is 7.11 Å². The molecule has 2 nitrogen and oxygen atoms in total. The second-order valence-electron chi connectivity index (χ2n) is 2.40. The first-order chi connectivity index (χ1) is 6.10. The molecule has 0 amide bonds. The molecule has 0 spiro atoms. The summed E-state index contributed by atoms with van der Waals surface area (Å²) in [6.07, 6.45) is 0. The van der Waals surface area contributed by atoms with Crippen molar-refractivity contribution in [3.05, 3.63) is 24.3 Å². The number of ether oxygens (including phenoxy) is 1. The third-order valence-electron chi connectivity index (χ3n) is 1.65. The first-order valence-corrected chi connectivity index (χ1v) is 7.50. The Labute approximate surface area is 88.5 Å². The van der Waals surface area contributed by atoms with Gasteiger partial charge in [-0.1, -0.05) is 11.8 Å². The SMILES string of the molecule is COc1ccc(P(=S)(S)OC)cc1. The van der Waals surface area contributed by atoms with E-state index in [-0.39, 0.29) is 0 Å². The molecule has 1 atom stereocenters. The van der Waals surface area contributed by atoms with E-state index in [0.29, 0.717) is 0 Å². The van der Waals surface area contributed by atoms with Crippen LogP contribution in [0.3, 0.4) is 0 Å². The van der Waals surface area contributed by atoms with Gasteiger partial charge in [0.25, 0.3) is 0 Å². The normalized spacial score (nSPS) is 15.0. The monoisotopic (exact) mass is 234 g/mol. The number of hydrogen-bond donors (Lipinski definition) is 1. The Morgan fingerprint density at radius 2 is 1.77 bits per heavy atom. The van der Waals surface area contributed by atoms with Gasteiger partial charge in [-0.15, -0.1) is 12.2 Å². The summed E-state index contributed by atoms with van der Waals surface area (Å²) >= 11 is 9.51. The molecule has 72 valence electrons. The van der Waals surface area contributed by atoms with Crippen molar-refractivity contribution in [1.82, 2.24) is 0 Å². The van der Waals surface area contributed by atoms with Gasteiger partial charge in [0.2, 0.25) is 0 Å². The van der Waals surface area contributed by atoms with Crippen LogP contribution in [0.2, 0.25) is 0 Å². The van der Waals surface area contributed by atoms with Crippen LogP contribution in [0.5, 0.6) is 5.75 Å². The Hall–Kier alpha value is -0.0200. The molecular formula is C8H11O2PS2. The fraction of sp³-hybridized carbons (Fsp3) is 0.250. The molecule has 0 aliphatic rings. The maximum atomic E-state index is 5.20. The molecule has 0 saturated carbocycles. The van der Waals surface area contributed by atoms with Crippen LogP contribution in [0, 0.1) is 0 Å². The molecule has 0 radical (unpaired) electrons. The average molecular weight is 234 g/mol.